The van der Waals surface area contributed by atoms with Crippen molar-refractivity contribution < 1.29 is 28.6 Å². The van der Waals surface area contributed by atoms with Crippen molar-refractivity contribution in [3.8, 4) is 0 Å². The standard InChI is InChI=1S/C11H16O6/c1-6(2)9(12)16-8(5)17-11(14)10(13)15-7(3)4/h7-8H,1H2,2-5H3. The predicted molar refractivity (Wildman–Crippen MR) is 57.7 cm³/mol. The molecule has 0 aliphatic rings. The molecule has 0 aromatic heterocycles. The maximum atomic E-state index is 11.1. The lowest BCUT2D eigenvalue weighted by Gasteiger charge is -2.14. The molecule has 0 rings (SSSR count). The number of esters is 3. The van der Waals surface area contributed by atoms with Gasteiger partial charge in [-0.25, -0.2) is 14.4 Å². The molecule has 0 aromatic rings. The molecule has 17 heavy (non-hydrogen) atoms. The third-order valence-corrected chi connectivity index (χ3v) is 1.40. The van der Waals surface area contributed by atoms with Crippen LogP contribution in [0.25, 0.3) is 0 Å². The summed E-state index contributed by atoms with van der Waals surface area (Å²) < 4.78 is 13.8. The lowest BCUT2D eigenvalue weighted by atomic mass is 10.4. The minimum Gasteiger partial charge on any atom is -0.455 e. The molecule has 0 bridgehead atoms. The Bertz CT molecular complexity index is 331. The van der Waals surface area contributed by atoms with Gasteiger partial charge in [0.05, 0.1) is 6.10 Å². The molecule has 0 heterocycles. The zero-order chi connectivity index (χ0) is 13.6. The molecule has 0 fully saturated rings. The highest BCUT2D eigenvalue weighted by Gasteiger charge is 2.23. The van der Waals surface area contributed by atoms with Crippen molar-refractivity contribution in [3.05, 3.63) is 12.2 Å². The Kier molecular flexibility index (Phi) is 5.95. The lowest BCUT2D eigenvalue weighted by Crippen LogP contribution is -2.29. The summed E-state index contributed by atoms with van der Waals surface area (Å²) in [6.07, 6.45) is -1.60. The van der Waals surface area contributed by atoms with Gasteiger partial charge in [0.15, 0.2) is 0 Å². The molecule has 0 saturated carbocycles. The molecule has 1 unspecified atom stereocenters. The molecule has 0 aromatic carbocycles. The number of carbonyl (C=O) groups excluding carboxylic acids is 3. The van der Waals surface area contributed by atoms with Gasteiger partial charge in [-0.15, -0.1) is 0 Å². The average Bonchev–Trinajstić information content (AvgIpc) is 2.15. The van der Waals surface area contributed by atoms with Crippen molar-refractivity contribution >= 4 is 17.9 Å². The maximum absolute atomic E-state index is 11.1. The van der Waals surface area contributed by atoms with Crippen molar-refractivity contribution in [1.82, 2.24) is 0 Å². The second kappa shape index (κ2) is 6.67. The van der Waals surface area contributed by atoms with Gasteiger partial charge >= 0.3 is 17.9 Å². The van der Waals surface area contributed by atoms with Gasteiger partial charge in [-0.3, -0.25) is 0 Å². The third-order valence-electron chi connectivity index (χ3n) is 1.40. The first-order valence-corrected chi connectivity index (χ1v) is 5.02. The minimum atomic E-state index is -1.21. The Morgan fingerprint density at radius 3 is 1.71 bits per heavy atom. The summed E-state index contributed by atoms with van der Waals surface area (Å²) in [6.45, 7) is 9.30. The quantitative estimate of drug-likeness (QED) is 0.317. The summed E-state index contributed by atoms with van der Waals surface area (Å²) in [5.74, 6) is -3.04. The maximum Gasteiger partial charge on any atom is 0.420 e. The highest BCUT2D eigenvalue weighted by molar-refractivity contribution is 6.29. The van der Waals surface area contributed by atoms with Gasteiger partial charge in [-0.2, -0.15) is 0 Å². The van der Waals surface area contributed by atoms with Gasteiger partial charge in [0.25, 0.3) is 0 Å². The van der Waals surface area contributed by atoms with Crippen LogP contribution in [-0.2, 0) is 28.6 Å². The van der Waals surface area contributed by atoms with E-state index in [4.69, 9.17) is 0 Å². The average molecular weight is 244 g/mol. The van der Waals surface area contributed by atoms with Gasteiger partial charge in [-0.1, -0.05) is 6.58 Å². The number of ether oxygens (including phenoxy) is 3. The van der Waals surface area contributed by atoms with Crippen LogP contribution in [0.3, 0.4) is 0 Å². The first kappa shape index (κ1) is 15.2. The summed E-state index contributed by atoms with van der Waals surface area (Å²) >= 11 is 0. The molecule has 6 nitrogen and oxygen atoms in total. The van der Waals surface area contributed by atoms with Gasteiger partial charge in [0.2, 0.25) is 6.29 Å². The number of hydrogen-bond acceptors (Lipinski definition) is 6. The minimum absolute atomic E-state index is 0.164. The summed E-state index contributed by atoms with van der Waals surface area (Å²) in [6, 6.07) is 0. The fraction of sp³-hybridized carbons (Fsp3) is 0.545. The van der Waals surface area contributed by atoms with Crippen LogP contribution < -0.4 is 0 Å². The zero-order valence-electron chi connectivity index (χ0n) is 10.3. The van der Waals surface area contributed by atoms with E-state index in [9.17, 15) is 14.4 Å². The first-order valence-electron chi connectivity index (χ1n) is 5.02. The van der Waals surface area contributed by atoms with Crippen LogP contribution in [0.15, 0.2) is 12.2 Å². The molecule has 96 valence electrons. The van der Waals surface area contributed by atoms with E-state index in [2.05, 4.69) is 20.8 Å². The van der Waals surface area contributed by atoms with Gasteiger partial charge < -0.3 is 14.2 Å². The largest absolute Gasteiger partial charge is 0.455 e. The second-order valence-corrected chi connectivity index (χ2v) is 3.61. The van der Waals surface area contributed by atoms with Gasteiger partial charge in [-0.05, 0) is 20.8 Å². The predicted octanol–water partition coefficient (Wildman–Crippen LogP) is 0.946. The van der Waals surface area contributed by atoms with Crippen LogP contribution >= 0.6 is 0 Å². The smallest absolute Gasteiger partial charge is 0.420 e. The number of carbonyl (C=O) groups is 3. The Balaban J connectivity index is 4.16. The van der Waals surface area contributed by atoms with Gasteiger partial charge in [0.1, 0.15) is 0 Å². The summed E-state index contributed by atoms with van der Waals surface area (Å²) in [7, 11) is 0. The molecule has 0 aliphatic heterocycles. The monoisotopic (exact) mass is 244 g/mol. The van der Waals surface area contributed by atoms with Crippen molar-refractivity contribution in [2.45, 2.75) is 40.1 Å². The molecule has 0 saturated heterocycles. The second-order valence-electron chi connectivity index (χ2n) is 3.61. The van der Waals surface area contributed by atoms with Crippen molar-refractivity contribution in [2.75, 3.05) is 0 Å². The van der Waals surface area contributed by atoms with E-state index in [0.29, 0.717) is 0 Å². The topological polar surface area (TPSA) is 78.9 Å². The van der Waals surface area contributed by atoms with E-state index >= 15 is 0 Å². The molecule has 0 N–H and O–H groups in total. The fourth-order valence-electron chi connectivity index (χ4n) is 0.736. The normalized spacial score (nSPS) is 11.6. The number of rotatable bonds is 4. The van der Waals surface area contributed by atoms with Crippen LogP contribution in [0, 0.1) is 0 Å². The van der Waals surface area contributed by atoms with Crippen molar-refractivity contribution in [2.24, 2.45) is 0 Å². The summed E-state index contributed by atoms with van der Waals surface area (Å²) in [5, 5.41) is 0. The molecular weight excluding hydrogens is 228 g/mol. The third kappa shape index (κ3) is 6.34. The highest BCUT2D eigenvalue weighted by atomic mass is 16.7. The Labute approximate surface area is 99.5 Å². The van der Waals surface area contributed by atoms with Crippen molar-refractivity contribution in [1.29, 1.82) is 0 Å². The summed E-state index contributed by atoms with van der Waals surface area (Å²) in [4.78, 5) is 33.2. The first-order chi connectivity index (χ1) is 7.73. The molecule has 0 radical (unpaired) electrons. The van der Waals surface area contributed by atoms with Crippen LogP contribution in [0.2, 0.25) is 0 Å². The lowest BCUT2D eigenvalue weighted by molar-refractivity contribution is -0.191. The highest BCUT2D eigenvalue weighted by Crippen LogP contribution is 2.01. The van der Waals surface area contributed by atoms with Crippen LogP contribution in [0.4, 0.5) is 0 Å². The SMILES string of the molecule is C=C(C)C(=O)OC(C)OC(=O)C(=O)OC(C)C. The molecule has 6 heteroatoms. The van der Waals surface area contributed by atoms with Gasteiger partial charge in [0, 0.05) is 12.5 Å². The Morgan fingerprint density at radius 2 is 1.29 bits per heavy atom. The van der Waals surface area contributed by atoms with E-state index < -0.39 is 30.3 Å². The van der Waals surface area contributed by atoms with E-state index in [1.54, 1.807) is 13.8 Å². The molecule has 0 spiro atoms. The Morgan fingerprint density at radius 1 is 0.882 bits per heavy atom. The Hall–Kier alpha value is -1.85. The van der Waals surface area contributed by atoms with Crippen LogP contribution in [0.1, 0.15) is 27.7 Å². The van der Waals surface area contributed by atoms with E-state index in [0.717, 1.165) is 0 Å². The summed E-state index contributed by atoms with van der Waals surface area (Å²) in [5.41, 5.74) is 0.164. The molecular formula is C11H16O6. The van der Waals surface area contributed by atoms with Crippen LogP contribution in [0.5, 0.6) is 0 Å². The molecule has 0 amide bonds. The van der Waals surface area contributed by atoms with E-state index in [1.165, 1.54) is 13.8 Å². The number of hydrogen-bond donors (Lipinski definition) is 0. The van der Waals surface area contributed by atoms with E-state index in [-0.39, 0.29) is 5.57 Å². The molecule has 0 aliphatic carbocycles. The molecule has 1 atom stereocenters. The van der Waals surface area contributed by atoms with E-state index in [1.807, 2.05) is 0 Å². The van der Waals surface area contributed by atoms with Crippen LogP contribution in [-0.4, -0.2) is 30.3 Å². The zero-order valence-corrected chi connectivity index (χ0v) is 10.3. The van der Waals surface area contributed by atoms with Crippen molar-refractivity contribution in [3.63, 3.8) is 0 Å². The fourth-order valence-corrected chi connectivity index (χ4v) is 0.736.